The van der Waals surface area contributed by atoms with Gasteiger partial charge in [-0.15, -0.1) is 0 Å². The molecule has 0 spiro atoms. The van der Waals surface area contributed by atoms with E-state index in [1.54, 1.807) is 47.4 Å². The van der Waals surface area contributed by atoms with E-state index >= 15 is 0 Å². The molecule has 0 aliphatic carbocycles. The lowest BCUT2D eigenvalue weighted by Gasteiger charge is -2.06. The van der Waals surface area contributed by atoms with E-state index in [2.05, 4.69) is 15.4 Å². The lowest BCUT2D eigenvalue weighted by atomic mass is 10.2. The molecule has 0 fully saturated rings. The minimum atomic E-state index is -0.394. The van der Waals surface area contributed by atoms with E-state index in [1.807, 2.05) is 0 Å². The molecule has 0 atom stereocenters. The van der Waals surface area contributed by atoms with E-state index < -0.39 is 5.82 Å². The summed E-state index contributed by atoms with van der Waals surface area (Å²) < 4.78 is 14.7. The largest absolute Gasteiger partial charge is 0.322 e. The third-order valence-electron chi connectivity index (χ3n) is 2.90. The summed E-state index contributed by atoms with van der Waals surface area (Å²) in [5, 5.41) is 6.64. The Kier molecular flexibility index (Phi) is 3.42. The number of rotatable bonds is 3. The van der Waals surface area contributed by atoms with E-state index in [0.29, 0.717) is 11.3 Å². The second-order valence-corrected chi connectivity index (χ2v) is 4.35. The van der Waals surface area contributed by atoms with Crippen molar-refractivity contribution in [3.8, 4) is 5.69 Å². The van der Waals surface area contributed by atoms with Crippen LogP contribution in [-0.2, 0) is 0 Å². The number of nitrogens with one attached hydrogen (secondary N) is 1. The first-order valence-corrected chi connectivity index (χ1v) is 6.24. The Balaban J connectivity index is 1.76. The molecule has 104 valence electrons. The second-order valence-electron chi connectivity index (χ2n) is 4.35. The zero-order chi connectivity index (χ0) is 14.7. The highest BCUT2D eigenvalue weighted by Crippen LogP contribution is 2.13. The molecular weight excluding hydrogens is 271 g/mol. The fourth-order valence-corrected chi connectivity index (χ4v) is 1.88. The maximum Gasteiger partial charge on any atom is 0.255 e. The molecule has 0 saturated heterocycles. The predicted molar refractivity (Wildman–Crippen MR) is 75.7 cm³/mol. The van der Waals surface area contributed by atoms with Crippen LogP contribution in [0.3, 0.4) is 0 Å². The molecule has 1 heterocycles. The number of hydrogen-bond donors (Lipinski definition) is 1. The number of amides is 1. The lowest BCUT2D eigenvalue weighted by Crippen LogP contribution is -2.12. The Bertz CT molecular complexity index is 754. The Labute approximate surface area is 120 Å². The van der Waals surface area contributed by atoms with E-state index in [4.69, 9.17) is 0 Å². The fourth-order valence-electron chi connectivity index (χ4n) is 1.88. The Hall–Kier alpha value is -3.02. The monoisotopic (exact) mass is 282 g/mol. The van der Waals surface area contributed by atoms with Gasteiger partial charge in [0.1, 0.15) is 18.5 Å². The quantitative estimate of drug-likeness (QED) is 0.803. The molecular formula is C15H11FN4O. The van der Waals surface area contributed by atoms with Crippen LogP contribution in [0.15, 0.2) is 61.2 Å². The van der Waals surface area contributed by atoms with Crippen molar-refractivity contribution < 1.29 is 9.18 Å². The van der Waals surface area contributed by atoms with Gasteiger partial charge in [-0.1, -0.05) is 6.07 Å². The summed E-state index contributed by atoms with van der Waals surface area (Å²) in [5.74, 6) is -0.694. The van der Waals surface area contributed by atoms with Gasteiger partial charge in [0.2, 0.25) is 0 Å². The van der Waals surface area contributed by atoms with Crippen molar-refractivity contribution in [3.05, 3.63) is 72.6 Å². The maximum atomic E-state index is 13.1. The summed E-state index contributed by atoms with van der Waals surface area (Å²) >= 11 is 0. The normalized spacial score (nSPS) is 10.3. The van der Waals surface area contributed by atoms with Gasteiger partial charge in [0, 0.05) is 11.3 Å². The summed E-state index contributed by atoms with van der Waals surface area (Å²) in [6.45, 7) is 0. The van der Waals surface area contributed by atoms with E-state index in [-0.39, 0.29) is 5.91 Å². The molecule has 6 heteroatoms. The van der Waals surface area contributed by atoms with Gasteiger partial charge < -0.3 is 5.32 Å². The minimum absolute atomic E-state index is 0.300. The van der Waals surface area contributed by atoms with Crippen LogP contribution >= 0.6 is 0 Å². The van der Waals surface area contributed by atoms with Crippen LogP contribution in [0.5, 0.6) is 0 Å². The van der Waals surface area contributed by atoms with E-state index in [0.717, 1.165) is 5.69 Å². The summed E-state index contributed by atoms with van der Waals surface area (Å²) in [7, 11) is 0. The number of carbonyl (C=O) groups is 1. The number of anilines is 1. The summed E-state index contributed by atoms with van der Waals surface area (Å²) in [6, 6.07) is 12.6. The number of aromatic nitrogens is 3. The summed E-state index contributed by atoms with van der Waals surface area (Å²) in [6.07, 6.45) is 3.01. The summed E-state index contributed by atoms with van der Waals surface area (Å²) in [4.78, 5) is 15.9. The van der Waals surface area contributed by atoms with Crippen LogP contribution in [0.25, 0.3) is 5.69 Å². The molecule has 0 aliphatic heterocycles. The third-order valence-corrected chi connectivity index (χ3v) is 2.90. The highest BCUT2D eigenvalue weighted by Gasteiger charge is 2.07. The van der Waals surface area contributed by atoms with Crippen molar-refractivity contribution in [2.75, 3.05) is 5.32 Å². The number of carbonyl (C=O) groups excluding carboxylic acids is 1. The van der Waals surface area contributed by atoms with Gasteiger partial charge in [-0.05, 0) is 42.5 Å². The molecule has 0 unspecified atom stereocenters. The fraction of sp³-hybridized carbons (Fsp3) is 0. The van der Waals surface area contributed by atoms with Crippen molar-refractivity contribution in [2.45, 2.75) is 0 Å². The van der Waals surface area contributed by atoms with Crippen LogP contribution < -0.4 is 5.32 Å². The molecule has 0 saturated carbocycles. The van der Waals surface area contributed by atoms with E-state index in [9.17, 15) is 9.18 Å². The highest BCUT2D eigenvalue weighted by atomic mass is 19.1. The zero-order valence-electron chi connectivity index (χ0n) is 10.9. The van der Waals surface area contributed by atoms with Gasteiger partial charge in [-0.2, -0.15) is 5.10 Å². The van der Waals surface area contributed by atoms with Crippen LogP contribution in [0.2, 0.25) is 0 Å². The molecule has 3 rings (SSSR count). The summed E-state index contributed by atoms with van der Waals surface area (Å²) in [5.41, 5.74) is 1.69. The average molecular weight is 282 g/mol. The van der Waals surface area contributed by atoms with Gasteiger partial charge >= 0.3 is 0 Å². The van der Waals surface area contributed by atoms with Crippen molar-refractivity contribution in [1.82, 2.24) is 14.8 Å². The molecule has 1 amide bonds. The molecule has 2 aromatic carbocycles. The predicted octanol–water partition coefficient (Wildman–Crippen LogP) is 2.66. The van der Waals surface area contributed by atoms with E-state index in [1.165, 1.54) is 18.5 Å². The second kappa shape index (κ2) is 5.54. The number of halogens is 1. The van der Waals surface area contributed by atoms with Gasteiger partial charge in [0.25, 0.3) is 5.91 Å². The van der Waals surface area contributed by atoms with Crippen LogP contribution in [-0.4, -0.2) is 20.7 Å². The maximum absolute atomic E-state index is 13.1. The van der Waals surface area contributed by atoms with Gasteiger partial charge in [0.05, 0.1) is 5.69 Å². The first kappa shape index (κ1) is 13.0. The molecule has 3 aromatic rings. The number of nitrogens with zero attached hydrogens (tertiary/aromatic N) is 3. The molecule has 1 aromatic heterocycles. The average Bonchev–Trinajstić information content (AvgIpc) is 3.01. The molecule has 0 radical (unpaired) electrons. The topological polar surface area (TPSA) is 59.8 Å². The van der Waals surface area contributed by atoms with Crippen LogP contribution in [0, 0.1) is 5.82 Å². The third kappa shape index (κ3) is 2.94. The minimum Gasteiger partial charge on any atom is -0.322 e. The smallest absolute Gasteiger partial charge is 0.255 e. The Morgan fingerprint density at radius 1 is 1.14 bits per heavy atom. The first-order valence-electron chi connectivity index (χ1n) is 6.24. The Morgan fingerprint density at radius 3 is 2.62 bits per heavy atom. The van der Waals surface area contributed by atoms with Gasteiger partial charge in [0.15, 0.2) is 0 Å². The molecule has 0 bridgehead atoms. The SMILES string of the molecule is O=C(Nc1cccc(F)c1)c1ccc(-n2cncn2)cc1. The highest BCUT2D eigenvalue weighted by molar-refractivity contribution is 6.04. The molecule has 21 heavy (non-hydrogen) atoms. The van der Waals surface area contributed by atoms with Crippen molar-refractivity contribution in [1.29, 1.82) is 0 Å². The van der Waals surface area contributed by atoms with Crippen LogP contribution in [0.4, 0.5) is 10.1 Å². The van der Waals surface area contributed by atoms with Crippen molar-refractivity contribution >= 4 is 11.6 Å². The van der Waals surface area contributed by atoms with Crippen molar-refractivity contribution in [3.63, 3.8) is 0 Å². The van der Waals surface area contributed by atoms with Crippen LogP contribution in [0.1, 0.15) is 10.4 Å². The first-order chi connectivity index (χ1) is 10.2. The molecule has 1 N–H and O–H groups in total. The standard InChI is InChI=1S/C15H11FN4O/c16-12-2-1-3-13(8-12)19-15(21)11-4-6-14(7-5-11)20-10-17-9-18-20/h1-10H,(H,19,21). The zero-order valence-corrected chi connectivity index (χ0v) is 10.9. The molecule has 5 nitrogen and oxygen atoms in total. The van der Waals surface area contributed by atoms with Crippen molar-refractivity contribution in [2.24, 2.45) is 0 Å². The number of hydrogen-bond acceptors (Lipinski definition) is 3. The number of benzene rings is 2. The molecule has 0 aliphatic rings. The van der Waals surface area contributed by atoms with Gasteiger partial charge in [-0.25, -0.2) is 14.1 Å². The van der Waals surface area contributed by atoms with Gasteiger partial charge in [-0.3, -0.25) is 4.79 Å². The Morgan fingerprint density at radius 2 is 1.95 bits per heavy atom. The lowest BCUT2D eigenvalue weighted by molar-refractivity contribution is 0.102.